The van der Waals surface area contributed by atoms with Crippen LogP contribution < -0.4 is 0 Å². The zero-order chi connectivity index (χ0) is 12.4. The van der Waals surface area contributed by atoms with Crippen LogP contribution in [0.15, 0.2) is 24.3 Å². The summed E-state index contributed by atoms with van der Waals surface area (Å²) in [7, 11) is 1.91. The van der Waals surface area contributed by atoms with E-state index >= 15 is 0 Å². The molecule has 0 spiro atoms. The van der Waals surface area contributed by atoms with E-state index < -0.39 is 5.97 Å². The third-order valence-corrected chi connectivity index (χ3v) is 3.48. The second-order valence-electron chi connectivity index (χ2n) is 4.96. The maximum absolute atomic E-state index is 11.3. The summed E-state index contributed by atoms with van der Waals surface area (Å²) in [6.07, 6.45) is 2.10. The number of aryl methyl sites for hydroxylation is 1. The molecule has 1 aliphatic rings. The van der Waals surface area contributed by atoms with Crippen LogP contribution in [0.25, 0.3) is 0 Å². The van der Waals surface area contributed by atoms with E-state index in [1.807, 2.05) is 24.1 Å². The summed E-state index contributed by atoms with van der Waals surface area (Å²) in [4.78, 5) is 13.2. The Bertz CT molecular complexity index is 412. The molecule has 1 unspecified atom stereocenters. The molecule has 0 radical (unpaired) electrons. The fraction of sp³-hybridized carbons (Fsp3) is 0.500. The third kappa shape index (κ3) is 2.86. The lowest BCUT2D eigenvalue weighted by molar-refractivity contribution is -0.143. The summed E-state index contributed by atoms with van der Waals surface area (Å²) in [5, 5.41) is 9.26. The van der Waals surface area contributed by atoms with Crippen molar-refractivity contribution in [3.05, 3.63) is 35.4 Å². The van der Waals surface area contributed by atoms with Crippen molar-refractivity contribution >= 4 is 5.97 Å². The van der Waals surface area contributed by atoms with E-state index in [2.05, 4.69) is 19.1 Å². The van der Waals surface area contributed by atoms with Gasteiger partial charge in [-0.25, -0.2) is 0 Å². The summed E-state index contributed by atoms with van der Waals surface area (Å²) in [6.45, 7) is 2.77. The first-order valence-corrected chi connectivity index (χ1v) is 6.07. The summed E-state index contributed by atoms with van der Waals surface area (Å²) in [5.41, 5.74) is 2.43. The number of carboxylic acid groups (broad SMARTS) is 1. The van der Waals surface area contributed by atoms with Gasteiger partial charge in [-0.2, -0.15) is 0 Å². The van der Waals surface area contributed by atoms with E-state index in [0.29, 0.717) is 12.5 Å². The van der Waals surface area contributed by atoms with Crippen LogP contribution in [0.5, 0.6) is 0 Å². The van der Waals surface area contributed by atoms with Gasteiger partial charge in [0.05, 0.1) is 0 Å². The molecule has 1 atom stereocenters. The molecule has 1 aromatic carbocycles. The Hall–Kier alpha value is -1.35. The lowest BCUT2D eigenvalue weighted by Crippen LogP contribution is -2.39. The van der Waals surface area contributed by atoms with Crippen LogP contribution in [-0.2, 0) is 11.3 Å². The van der Waals surface area contributed by atoms with E-state index in [9.17, 15) is 9.90 Å². The molecule has 92 valence electrons. The molecular weight excluding hydrogens is 214 g/mol. The number of rotatable bonds is 5. The molecule has 0 heterocycles. The highest BCUT2D eigenvalue weighted by molar-refractivity contribution is 5.74. The van der Waals surface area contributed by atoms with Gasteiger partial charge in [0.1, 0.15) is 6.04 Å². The minimum Gasteiger partial charge on any atom is -0.480 e. The third-order valence-electron chi connectivity index (χ3n) is 3.48. The summed E-state index contributed by atoms with van der Waals surface area (Å²) in [6, 6.07) is 7.82. The predicted octanol–water partition coefficient (Wildman–Crippen LogP) is 2.29. The molecule has 1 fully saturated rings. The smallest absolute Gasteiger partial charge is 0.321 e. The summed E-state index contributed by atoms with van der Waals surface area (Å²) in [5.74, 6) is -0.342. The molecular formula is C14H19NO2. The molecule has 0 aromatic heterocycles. The molecule has 3 nitrogen and oxygen atoms in total. The van der Waals surface area contributed by atoms with Gasteiger partial charge in [0.2, 0.25) is 0 Å². The molecule has 17 heavy (non-hydrogen) atoms. The lowest BCUT2D eigenvalue weighted by atomic mass is 10.1. The predicted molar refractivity (Wildman–Crippen MR) is 66.8 cm³/mol. The molecule has 3 heteroatoms. The summed E-state index contributed by atoms with van der Waals surface area (Å²) >= 11 is 0. The standard InChI is InChI=1S/C14H19NO2/c1-10-5-3-4-6-12(10)9-15(2)13(14(16)17)11-7-8-11/h3-6,11,13H,7-9H2,1-2H3,(H,16,17). The fourth-order valence-corrected chi connectivity index (χ4v) is 2.32. The quantitative estimate of drug-likeness (QED) is 0.848. The van der Waals surface area contributed by atoms with Gasteiger partial charge in [0.25, 0.3) is 0 Å². The summed E-state index contributed by atoms with van der Waals surface area (Å²) < 4.78 is 0. The Morgan fingerprint density at radius 3 is 2.65 bits per heavy atom. The second kappa shape index (κ2) is 4.88. The highest BCUT2D eigenvalue weighted by Crippen LogP contribution is 2.35. The zero-order valence-electron chi connectivity index (χ0n) is 10.4. The SMILES string of the molecule is Cc1ccccc1CN(C)C(C(=O)O)C1CC1. The van der Waals surface area contributed by atoms with Crippen molar-refractivity contribution in [2.75, 3.05) is 7.05 Å². The Morgan fingerprint density at radius 2 is 2.12 bits per heavy atom. The van der Waals surface area contributed by atoms with Gasteiger partial charge in [-0.05, 0) is 43.9 Å². The molecule has 0 saturated heterocycles. The monoisotopic (exact) mass is 233 g/mol. The van der Waals surface area contributed by atoms with Crippen molar-refractivity contribution in [1.82, 2.24) is 4.90 Å². The van der Waals surface area contributed by atoms with Gasteiger partial charge in [-0.1, -0.05) is 24.3 Å². The van der Waals surface area contributed by atoms with Crippen molar-refractivity contribution < 1.29 is 9.90 Å². The Morgan fingerprint density at radius 1 is 1.47 bits per heavy atom. The van der Waals surface area contributed by atoms with Gasteiger partial charge in [-0.15, -0.1) is 0 Å². The van der Waals surface area contributed by atoms with Gasteiger partial charge in [0, 0.05) is 6.54 Å². The number of likely N-dealkylation sites (N-methyl/N-ethyl adjacent to an activating group) is 1. The largest absolute Gasteiger partial charge is 0.480 e. The van der Waals surface area contributed by atoms with Crippen molar-refractivity contribution in [3.8, 4) is 0 Å². The molecule has 2 rings (SSSR count). The van der Waals surface area contributed by atoms with Crippen LogP contribution in [0.2, 0.25) is 0 Å². The molecule has 1 aromatic rings. The molecule has 1 N–H and O–H groups in total. The maximum atomic E-state index is 11.3. The van der Waals surface area contributed by atoms with Gasteiger partial charge in [-0.3, -0.25) is 9.69 Å². The maximum Gasteiger partial charge on any atom is 0.321 e. The van der Waals surface area contributed by atoms with Crippen LogP contribution in [0.3, 0.4) is 0 Å². The molecule has 0 amide bonds. The number of benzene rings is 1. The van der Waals surface area contributed by atoms with E-state index in [1.54, 1.807) is 0 Å². The number of carboxylic acids is 1. The van der Waals surface area contributed by atoms with Crippen molar-refractivity contribution in [3.63, 3.8) is 0 Å². The highest BCUT2D eigenvalue weighted by atomic mass is 16.4. The van der Waals surface area contributed by atoms with Crippen molar-refractivity contribution in [2.24, 2.45) is 5.92 Å². The minimum absolute atomic E-state index is 0.324. The average Bonchev–Trinajstić information content (AvgIpc) is 3.05. The van der Waals surface area contributed by atoms with Gasteiger partial charge < -0.3 is 5.11 Å². The van der Waals surface area contributed by atoms with E-state index in [1.165, 1.54) is 11.1 Å². The Kier molecular flexibility index (Phi) is 3.48. The van der Waals surface area contributed by atoms with Crippen molar-refractivity contribution in [1.29, 1.82) is 0 Å². The Labute approximate surface area is 102 Å². The topological polar surface area (TPSA) is 40.5 Å². The zero-order valence-corrected chi connectivity index (χ0v) is 10.4. The Balaban J connectivity index is 2.07. The molecule has 1 saturated carbocycles. The first kappa shape index (κ1) is 12.1. The van der Waals surface area contributed by atoms with Gasteiger partial charge >= 0.3 is 5.97 Å². The van der Waals surface area contributed by atoms with E-state index in [0.717, 1.165) is 12.8 Å². The first-order valence-electron chi connectivity index (χ1n) is 6.07. The van der Waals surface area contributed by atoms with Crippen LogP contribution in [0.4, 0.5) is 0 Å². The number of hydrogen-bond acceptors (Lipinski definition) is 2. The number of nitrogens with zero attached hydrogens (tertiary/aromatic N) is 1. The molecule has 0 bridgehead atoms. The molecule has 1 aliphatic carbocycles. The lowest BCUT2D eigenvalue weighted by Gasteiger charge is -2.25. The fourth-order valence-electron chi connectivity index (χ4n) is 2.32. The van der Waals surface area contributed by atoms with Gasteiger partial charge in [0.15, 0.2) is 0 Å². The molecule has 0 aliphatic heterocycles. The van der Waals surface area contributed by atoms with E-state index in [-0.39, 0.29) is 6.04 Å². The number of carbonyl (C=O) groups is 1. The highest BCUT2D eigenvalue weighted by Gasteiger charge is 2.38. The van der Waals surface area contributed by atoms with Crippen LogP contribution in [0.1, 0.15) is 24.0 Å². The normalized spacial score (nSPS) is 17.1. The number of hydrogen-bond donors (Lipinski definition) is 1. The average molecular weight is 233 g/mol. The van der Waals surface area contributed by atoms with Crippen molar-refractivity contribution in [2.45, 2.75) is 32.4 Å². The number of aliphatic carboxylic acids is 1. The second-order valence-corrected chi connectivity index (χ2v) is 4.96. The van der Waals surface area contributed by atoms with Crippen LogP contribution in [-0.4, -0.2) is 29.1 Å². The van der Waals surface area contributed by atoms with Crippen LogP contribution >= 0.6 is 0 Å². The van der Waals surface area contributed by atoms with E-state index in [4.69, 9.17) is 0 Å². The minimum atomic E-state index is -0.691. The van der Waals surface area contributed by atoms with Crippen LogP contribution in [0, 0.1) is 12.8 Å². The first-order chi connectivity index (χ1) is 8.09.